The molecule has 0 atom stereocenters. The number of hydrogen-bond donors (Lipinski definition) is 1. The van der Waals surface area contributed by atoms with E-state index in [9.17, 15) is 8.78 Å². The van der Waals surface area contributed by atoms with Crippen molar-refractivity contribution in [2.45, 2.75) is 26.4 Å². The molecule has 0 bridgehead atoms. The van der Waals surface area contributed by atoms with Gasteiger partial charge in [-0.05, 0) is 6.92 Å². The Morgan fingerprint density at radius 2 is 2.24 bits per heavy atom. The Balaban J connectivity index is 0.00000256. The first kappa shape index (κ1) is 16.3. The highest BCUT2D eigenvalue weighted by Crippen LogP contribution is 2.08. The average molecular weight is 270 g/mol. The van der Waals surface area contributed by atoms with Gasteiger partial charge in [-0.1, -0.05) is 0 Å². The molecule has 0 unspecified atom stereocenters. The molecule has 1 heterocycles. The van der Waals surface area contributed by atoms with Crippen molar-refractivity contribution in [2.24, 2.45) is 0 Å². The van der Waals surface area contributed by atoms with Gasteiger partial charge < -0.3 is 10.1 Å². The zero-order valence-electron chi connectivity index (χ0n) is 9.95. The van der Waals surface area contributed by atoms with E-state index in [2.05, 4.69) is 10.4 Å². The maximum Gasteiger partial charge on any atom is 0.257 e. The second kappa shape index (κ2) is 8.38. The van der Waals surface area contributed by atoms with Gasteiger partial charge in [0.05, 0.1) is 12.8 Å². The molecular weight excluding hydrogens is 252 g/mol. The first-order chi connectivity index (χ1) is 7.65. The molecule has 0 aliphatic carbocycles. The molecule has 0 aliphatic rings. The number of alkyl halides is 2. The van der Waals surface area contributed by atoms with Crippen molar-refractivity contribution in [3.05, 3.63) is 17.5 Å². The van der Waals surface area contributed by atoms with Gasteiger partial charge in [0, 0.05) is 31.5 Å². The van der Waals surface area contributed by atoms with Gasteiger partial charge in [0.25, 0.3) is 6.43 Å². The number of methoxy groups -OCH3 is 1. The first-order valence-electron chi connectivity index (χ1n) is 5.14. The molecule has 100 valence electrons. The minimum absolute atomic E-state index is 0. The lowest BCUT2D eigenvalue weighted by Gasteiger charge is -2.05. The van der Waals surface area contributed by atoms with Gasteiger partial charge in [-0.2, -0.15) is 5.10 Å². The zero-order chi connectivity index (χ0) is 12.0. The highest BCUT2D eigenvalue weighted by molar-refractivity contribution is 5.85. The quantitative estimate of drug-likeness (QED) is 0.765. The summed E-state index contributed by atoms with van der Waals surface area (Å²) < 4.78 is 30.6. The van der Waals surface area contributed by atoms with E-state index in [-0.39, 0.29) is 19.0 Å². The summed E-state index contributed by atoms with van der Waals surface area (Å²) in [4.78, 5) is 0. The van der Waals surface area contributed by atoms with E-state index in [0.717, 1.165) is 17.8 Å². The van der Waals surface area contributed by atoms with Gasteiger partial charge in [0.15, 0.2) is 0 Å². The predicted octanol–water partition coefficient (Wildman–Crippen LogP) is 1.61. The molecule has 0 aliphatic heterocycles. The summed E-state index contributed by atoms with van der Waals surface area (Å²) in [5.74, 6) is 0. The lowest BCUT2D eigenvalue weighted by atomic mass is 10.2. The average Bonchev–Trinajstić information content (AvgIpc) is 2.56. The first-order valence-corrected chi connectivity index (χ1v) is 5.14. The summed E-state index contributed by atoms with van der Waals surface area (Å²) >= 11 is 0. The van der Waals surface area contributed by atoms with Crippen LogP contribution in [0.4, 0.5) is 8.78 Å². The molecule has 0 spiro atoms. The second-order valence-electron chi connectivity index (χ2n) is 3.50. The van der Waals surface area contributed by atoms with Crippen LogP contribution in [-0.2, 0) is 17.8 Å². The number of hydrogen-bond acceptors (Lipinski definition) is 3. The van der Waals surface area contributed by atoms with Crippen LogP contribution in [0.1, 0.15) is 11.3 Å². The molecule has 1 rings (SSSR count). The van der Waals surface area contributed by atoms with Gasteiger partial charge in [-0.15, -0.1) is 12.4 Å². The van der Waals surface area contributed by atoms with Crippen molar-refractivity contribution in [1.29, 1.82) is 0 Å². The van der Waals surface area contributed by atoms with E-state index in [0.29, 0.717) is 13.2 Å². The smallest absolute Gasteiger partial charge is 0.257 e. The number of ether oxygens (including phenoxy) is 1. The second-order valence-corrected chi connectivity index (χ2v) is 3.50. The molecule has 1 aromatic rings. The van der Waals surface area contributed by atoms with Gasteiger partial charge >= 0.3 is 0 Å². The van der Waals surface area contributed by atoms with Crippen LogP contribution in [0.5, 0.6) is 0 Å². The molecule has 7 heteroatoms. The van der Waals surface area contributed by atoms with Crippen molar-refractivity contribution >= 4 is 12.4 Å². The Kier molecular flexibility index (Phi) is 8.03. The van der Waals surface area contributed by atoms with Crippen LogP contribution in [0.15, 0.2) is 6.20 Å². The van der Waals surface area contributed by atoms with Gasteiger partial charge in [0.2, 0.25) is 0 Å². The number of rotatable bonds is 7. The van der Waals surface area contributed by atoms with Crippen molar-refractivity contribution in [3.63, 3.8) is 0 Å². The Hall–Kier alpha value is -0.720. The van der Waals surface area contributed by atoms with Crippen LogP contribution in [0.3, 0.4) is 0 Å². The van der Waals surface area contributed by atoms with Crippen molar-refractivity contribution in [2.75, 3.05) is 20.3 Å². The topological polar surface area (TPSA) is 39.1 Å². The van der Waals surface area contributed by atoms with E-state index < -0.39 is 6.43 Å². The molecule has 0 fully saturated rings. The van der Waals surface area contributed by atoms with Crippen molar-refractivity contribution in [3.8, 4) is 0 Å². The third kappa shape index (κ3) is 5.43. The zero-order valence-corrected chi connectivity index (χ0v) is 10.8. The fraction of sp³-hybridized carbons (Fsp3) is 0.700. The van der Waals surface area contributed by atoms with E-state index in [1.165, 1.54) is 4.68 Å². The minimum Gasteiger partial charge on any atom is -0.383 e. The molecule has 1 aromatic heterocycles. The third-order valence-electron chi connectivity index (χ3n) is 2.31. The Labute approximate surface area is 106 Å². The summed E-state index contributed by atoms with van der Waals surface area (Å²) in [6.45, 7) is 3.44. The summed E-state index contributed by atoms with van der Waals surface area (Å²) in [5.41, 5.74) is 1.72. The van der Waals surface area contributed by atoms with Crippen LogP contribution in [0.2, 0.25) is 0 Å². The number of aromatic nitrogens is 2. The largest absolute Gasteiger partial charge is 0.383 e. The van der Waals surface area contributed by atoms with Crippen molar-refractivity contribution in [1.82, 2.24) is 15.1 Å². The van der Waals surface area contributed by atoms with Gasteiger partial charge in [-0.3, -0.25) is 4.68 Å². The predicted molar refractivity (Wildman–Crippen MR) is 63.8 cm³/mol. The molecule has 0 amide bonds. The summed E-state index contributed by atoms with van der Waals surface area (Å²) in [6.07, 6.45) is -0.745. The fourth-order valence-corrected chi connectivity index (χ4v) is 1.37. The van der Waals surface area contributed by atoms with E-state index in [1.54, 1.807) is 20.2 Å². The van der Waals surface area contributed by atoms with Crippen LogP contribution in [0, 0.1) is 6.92 Å². The van der Waals surface area contributed by atoms with Crippen LogP contribution in [-0.4, -0.2) is 36.5 Å². The molecule has 0 saturated heterocycles. The van der Waals surface area contributed by atoms with Crippen LogP contribution < -0.4 is 5.32 Å². The lowest BCUT2D eigenvalue weighted by molar-refractivity contribution is 0.121. The fourth-order valence-electron chi connectivity index (χ4n) is 1.37. The molecule has 4 nitrogen and oxygen atoms in total. The Morgan fingerprint density at radius 1 is 1.53 bits per heavy atom. The highest BCUT2D eigenvalue weighted by atomic mass is 35.5. The van der Waals surface area contributed by atoms with E-state index >= 15 is 0 Å². The highest BCUT2D eigenvalue weighted by Gasteiger charge is 2.10. The lowest BCUT2D eigenvalue weighted by Crippen LogP contribution is -2.19. The molecule has 0 radical (unpaired) electrons. The van der Waals surface area contributed by atoms with Crippen LogP contribution >= 0.6 is 12.4 Å². The maximum absolute atomic E-state index is 12.2. The van der Waals surface area contributed by atoms with Crippen molar-refractivity contribution < 1.29 is 13.5 Å². The molecule has 1 N–H and O–H groups in total. The summed E-state index contributed by atoms with van der Waals surface area (Å²) in [7, 11) is 1.63. The summed E-state index contributed by atoms with van der Waals surface area (Å²) in [6, 6.07) is 0. The molecule has 0 aromatic carbocycles. The SMILES string of the molecule is COCCNCc1cnn(CC(F)F)c1C.Cl. The third-order valence-corrected chi connectivity index (χ3v) is 2.31. The van der Waals surface area contributed by atoms with Gasteiger partial charge in [-0.25, -0.2) is 8.78 Å². The Morgan fingerprint density at radius 3 is 2.82 bits per heavy atom. The number of halogens is 3. The Bertz CT molecular complexity index is 320. The minimum atomic E-state index is -2.37. The molecule has 0 saturated carbocycles. The van der Waals surface area contributed by atoms with Crippen LogP contribution in [0.25, 0.3) is 0 Å². The summed E-state index contributed by atoms with van der Waals surface area (Å²) in [5, 5.41) is 7.06. The van der Waals surface area contributed by atoms with E-state index in [4.69, 9.17) is 4.74 Å². The number of nitrogens with one attached hydrogen (secondary N) is 1. The molecular formula is C10H18ClF2N3O. The number of nitrogens with zero attached hydrogens (tertiary/aromatic N) is 2. The van der Waals surface area contributed by atoms with Gasteiger partial charge in [0.1, 0.15) is 6.54 Å². The standard InChI is InChI=1S/C10H17F2N3O.ClH/c1-8-9(5-13-3-4-16-2)6-14-15(8)7-10(11)12;/h6,10,13H,3-5,7H2,1-2H3;1H. The van der Waals surface area contributed by atoms with E-state index in [1.807, 2.05) is 0 Å². The maximum atomic E-state index is 12.2. The normalized spacial score (nSPS) is 10.6. The monoisotopic (exact) mass is 269 g/mol. The molecule has 17 heavy (non-hydrogen) atoms.